The standard InChI is InChI=1S/C16H17N5O3S2/c1-20(26(23,24)16-3-2-10-25-16)12-15(22)19-14-6-9-18-21(14)11-13-4-7-17-8-5-13/h2-10H,11-12H2,1H3,(H,19,22). The summed E-state index contributed by atoms with van der Waals surface area (Å²) in [5, 5.41) is 8.57. The van der Waals surface area contributed by atoms with E-state index in [0.717, 1.165) is 21.2 Å². The molecular weight excluding hydrogens is 374 g/mol. The topological polar surface area (TPSA) is 97.2 Å². The Hall–Kier alpha value is -2.56. The van der Waals surface area contributed by atoms with Crippen LogP contribution in [0.3, 0.4) is 0 Å². The molecule has 0 saturated heterocycles. The molecule has 0 bridgehead atoms. The molecule has 0 fully saturated rings. The number of aromatic nitrogens is 3. The molecule has 0 aliphatic heterocycles. The molecular formula is C16H17N5O3S2. The van der Waals surface area contributed by atoms with Crippen molar-refractivity contribution in [2.24, 2.45) is 0 Å². The summed E-state index contributed by atoms with van der Waals surface area (Å²) in [7, 11) is -2.29. The normalized spacial score (nSPS) is 11.6. The Morgan fingerprint density at radius 2 is 2.00 bits per heavy atom. The number of carbonyl (C=O) groups is 1. The Labute approximate surface area is 155 Å². The molecule has 3 heterocycles. The number of nitrogens with one attached hydrogen (secondary N) is 1. The van der Waals surface area contributed by atoms with E-state index >= 15 is 0 Å². The van der Waals surface area contributed by atoms with Crippen LogP contribution in [0.5, 0.6) is 0 Å². The van der Waals surface area contributed by atoms with Gasteiger partial charge in [0.15, 0.2) is 0 Å². The molecule has 0 radical (unpaired) electrons. The lowest BCUT2D eigenvalue weighted by Gasteiger charge is -2.16. The molecule has 10 heteroatoms. The van der Waals surface area contributed by atoms with Crippen LogP contribution in [0.4, 0.5) is 5.82 Å². The first kappa shape index (κ1) is 18.2. The van der Waals surface area contributed by atoms with Gasteiger partial charge in [0.2, 0.25) is 5.91 Å². The maximum atomic E-state index is 12.4. The lowest BCUT2D eigenvalue weighted by Crippen LogP contribution is -2.35. The number of nitrogens with zero attached hydrogens (tertiary/aromatic N) is 4. The molecule has 1 amide bonds. The minimum absolute atomic E-state index is 0.204. The summed E-state index contributed by atoms with van der Waals surface area (Å²) in [5.74, 6) is 0.0536. The van der Waals surface area contributed by atoms with E-state index in [4.69, 9.17) is 0 Å². The maximum absolute atomic E-state index is 12.4. The fourth-order valence-electron chi connectivity index (χ4n) is 2.26. The molecule has 0 saturated carbocycles. The third-order valence-electron chi connectivity index (χ3n) is 3.59. The number of rotatable bonds is 7. The second kappa shape index (κ2) is 7.77. The van der Waals surface area contributed by atoms with Crippen LogP contribution in [0.1, 0.15) is 5.56 Å². The van der Waals surface area contributed by atoms with E-state index in [2.05, 4.69) is 15.4 Å². The Balaban J connectivity index is 1.65. The van der Waals surface area contributed by atoms with Gasteiger partial charge in [0.25, 0.3) is 10.0 Å². The molecule has 1 N–H and O–H groups in total. The van der Waals surface area contributed by atoms with Crippen molar-refractivity contribution < 1.29 is 13.2 Å². The fraction of sp³-hybridized carbons (Fsp3) is 0.188. The van der Waals surface area contributed by atoms with Crippen LogP contribution >= 0.6 is 11.3 Å². The first-order chi connectivity index (χ1) is 12.5. The maximum Gasteiger partial charge on any atom is 0.252 e. The van der Waals surface area contributed by atoms with E-state index in [9.17, 15) is 13.2 Å². The Morgan fingerprint density at radius 3 is 2.69 bits per heavy atom. The number of hydrogen-bond acceptors (Lipinski definition) is 6. The van der Waals surface area contributed by atoms with Crippen LogP contribution in [-0.2, 0) is 21.4 Å². The highest BCUT2D eigenvalue weighted by Crippen LogP contribution is 2.19. The number of carbonyl (C=O) groups excluding carboxylic acids is 1. The van der Waals surface area contributed by atoms with Crippen molar-refractivity contribution >= 4 is 33.1 Å². The van der Waals surface area contributed by atoms with Gasteiger partial charge in [-0.1, -0.05) is 6.07 Å². The van der Waals surface area contributed by atoms with E-state index in [1.165, 1.54) is 13.1 Å². The minimum Gasteiger partial charge on any atom is -0.310 e. The van der Waals surface area contributed by atoms with Crippen LogP contribution < -0.4 is 5.32 Å². The highest BCUT2D eigenvalue weighted by atomic mass is 32.2. The van der Waals surface area contributed by atoms with Gasteiger partial charge in [0.1, 0.15) is 10.0 Å². The van der Waals surface area contributed by atoms with Gasteiger partial charge >= 0.3 is 0 Å². The zero-order valence-electron chi connectivity index (χ0n) is 13.9. The van der Waals surface area contributed by atoms with Gasteiger partial charge < -0.3 is 5.32 Å². The summed E-state index contributed by atoms with van der Waals surface area (Å²) in [6.45, 7) is 0.176. The monoisotopic (exact) mass is 391 g/mol. The van der Waals surface area contributed by atoms with Gasteiger partial charge in [0, 0.05) is 25.5 Å². The van der Waals surface area contributed by atoms with Crippen LogP contribution in [-0.4, -0.2) is 47.0 Å². The quantitative estimate of drug-likeness (QED) is 0.660. The van der Waals surface area contributed by atoms with E-state index < -0.39 is 15.9 Å². The van der Waals surface area contributed by atoms with E-state index in [-0.39, 0.29) is 10.8 Å². The lowest BCUT2D eigenvalue weighted by molar-refractivity contribution is -0.116. The van der Waals surface area contributed by atoms with Gasteiger partial charge in [-0.2, -0.15) is 9.40 Å². The molecule has 26 heavy (non-hydrogen) atoms. The van der Waals surface area contributed by atoms with E-state index in [1.54, 1.807) is 40.8 Å². The predicted octanol–water partition coefficient (Wildman–Crippen LogP) is 1.65. The highest BCUT2D eigenvalue weighted by Gasteiger charge is 2.24. The summed E-state index contributed by atoms with van der Waals surface area (Å²) in [6.07, 6.45) is 4.94. The fourth-order valence-corrected chi connectivity index (χ4v) is 4.59. The van der Waals surface area contributed by atoms with E-state index in [0.29, 0.717) is 12.4 Å². The van der Waals surface area contributed by atoms with E-state index in [1.807, 2.05) is 12.1 Å². The Kier molecular flexibility index (Phi) is 5.45. The Morgan fingerprint density at radius 1 is 1.23 bits per heavy atom. The third kappa shape index (κ3) is 4.15. The minimum atomic E-state index is -3.67. The first-order valence-corrected chi connectivity index (χ1v) is 9.99. The Bertz CT molecular complexity index is 969. The number of amides is 1. The molecule has 3 aromatic heterocycles. The van der Waals surface area contributed by atoms with Crippen LogP contribution in [0.15, 0.2) is 58.5 Å². The summed E-state index contributed by atoms with van der Waals surface area (Å²) in [4.78, 5) is 16.2. The van der Waals surface area contributed by atoms with Crippen molar-refractivity contribution in [3.63, 3.8) is 0 Å². The van der Waals surface area contributed by atoms with Crippen LogP contribution in [0.2, 0.25) is 0 Å². The van der Waals surface area contributed by atoms with Gasteiger partial charge in [0.05, 0.1) is 19.3 Å². The van der Waals surface area contributed by atoms with Gasteiger partial charge in [-0.15, -0.1) is 11.3 Å². The molecule has 3 rings (SSSR count). The molecule has 0 spiro atoms. The molecule has 0 aliphatic rings. The number of pyridine rings is 1. The average molecular weight is 391 g/mol. The summed E-state index contributed by atoms with van der Waals surface area (Å²) in [6, 6.07) is 8.54. The molecule has 0 aromatic carbocycles. The largest absolute Gasteiger partial charge is 0.310 e. The van der Waals surface area contributed by atoms with Crippen LogP contribution in [0.25, 0.3) is 0 Å². The van der Waals surface area contributed by atoms with Crippen molar-refractivity contribution in [3.8, 4) is 0 Å². The summed E-state index contributed by atoms with van der Waals surface area (Å²) in [5.41, 5.74) is 0.983. The number of sulfonamides is 1. The molecule has 0 aliphatic carbocycles. The number of anilines is 1. The number of hydrogen-bond donors (Lipinski definition) is 1. The van der Waals surface area contributed by atoms with Crippen molar-refractivity contribution in [1.29, 1.82) is 0 Å². The zero-order valence-corrected chi connectivity index (χ0v) is 15.6. The molecule has 3 aromatic rings. The number of likely N-dealkylation sites (N-methyl/N-ethyl adjacent to an activating group) is 1. The van der Waals surface area contributed by atoms with Crippen molar-refractivity contribution in [3.05, 3.63) is 59.9 Å². The zero-order chi connectivity index (χ0) is 18.6. The number of thiophene rings is 1. The van der Waals surface area contributed by atoms with Crippen molar-refractivity contribution in [2.75, 3.05) is 18.9 Å². The lowest BCUT2D eigenvalue weighted by atomic mass is 10.3. The summed E-state index contributed by atoms with van der Waals surface area (Å²) < 4.78 is 27.6. The van der Waals surface area contributed by atoms with Gasteiger partial charge in [-0.05, 0) is 29.1 Å². The van der Waals surface area contributed by atoms with Crippen molar-refractivity contribution in [2.45, 2.75) is 10.8 Å². The second-order valence-electron chi connectivity index (χ2n) is 5.47. The molecule has 0 atom stereocenters. The smallest absolute Gasteiger partial charge is 0.252 e. The first-order valence-electron chi connectivity index (χ1n) is 7.67. The highest BCUT2D eigenvalue weighted by molar-refractivity contribution is 7.91. The predicted molar refractivity (Wildman–Crippen MR) is 98.3 cm³/mol. The SMILES string of the molecule is CN(CC(=O)Nc1ccnn1Cc1ccncc1)S(=O)(=O)c1cccs1. The van der Waals surface area contributed by atoms with Gasteiger partial charge in [-0.3, -0.25) is 9.78 Å². The van der Waals surface area contributed by atoms with Crippen LogP contribution in [0, 0.1) is 0 Å². The summed E-state index contributed by atoms with van der Waals surface area (Å²) >= 11 is 1.11. The second-order valence-corrected chi connectivity index (χ2v) is 8.69. The third-order valence-corrected chi connectivity index (χ3v) is 6.77. The molecule has 0 unspecified atom stereocenters. The molecule has 136 valence electrons. The average Bonchev–Trinajstić information content (AvgIpc) is 3.28. The molecule has 8 nitrogen and oxygen atoms in total. The van der Waals surface area contributed by atoms with Crippen molar-refractivity contribution in [1.82, 2.24) is 19.1 Å². The van der Waals surface area contributed by atoms with Gasteiger partial charge in [-0.25, -0.2) is 13.1 Å².